The molecule has 0 saturated carbocycles. The lowest BCUT2D eigenvalue weighted by molar-refractivity contribution is -0.141. The van der Waals surface area contributed by atoms with Crippen LogP contribution in [0.2, 0.25) is 0 Å². The predicted molar refractivity (Wildman–Crippen MR) is 119 cm³/mol. The van der Waals surface area contributed by atoms with E-state index in [-0.39, 0.29) is 17.9 Å². The first kappa shape index (κ1) is 22.7. The van der Waals surface area contributed by atoms with Gasteiger partial charge in [0.2, 0.25) is 11.8 Å². The molecule has 29 heavy (non-hydrogen) atoms. The van der Waals surface area contributed by atoms with Gasteiger partial charge in [0, 0.05) is 12.6 Å². The Morgan fingerprint density at radius 2 is 1.55 bits per heavy atom. The molecular weight excluding hydrogens is 360 g/mol. The highest BCUT2D eigenvalue weighted by Gasteiger charge is 2.29. The molecule has 4 heteroatoms. The molecule has 0 radical (unpaired) electrons. The molecule has 0 heterocycles. The number of carbonyl (C=O) groups excluding carboxylic acids is 2. The Hall–Kier alpha value is -2.62. The monoisotopic (exact) mass is 394 g/mol. The normalized spacial score (nSPS) is 12.9. The summed E-state index contributed by atoms with van der Waals surface area (Å²) in [4.78, 5) is 28.0. The van der Waals surface area contributed by atoms with Gasteiger partial charge in [-0.25, -0.2) is 0 Å². The Balaban J connectivity index is 2.29. The van der Waals surface area contributed by atoms with Gasteiger partial charge in [-0.3, -0.25) is 9.59 Å². The van der Waals surface area contributed by atoms with Gasteiger partial charge < -0.3 is 10.2 Å². The van der Waals surface area contributed by atoms with E-state index in [2.05, 4.69) is 11.4 Å². The summed E-state index contributed by atoms with van der Waals surface area (Å²) in [6, 6.07) is 15.7. The quantitative estimate of drug-likeness (QED) is 0.677. The van der Waals surface area contributed by atoms with Crippen molar-refractivity contribution in [2.45, 2.75) is 72.5 Å². The van der Waals surface area contributed by atoms with Gasteiger partial charge in [0.25, 0.3) is 0 Å². The molecule has 0 unspecified atom stereocenters. The van der Waals surface area contributed by atoms with Gasteiger partial charge in [-0.05, 0) is 44.7 Å². The van der Waals surface area contributed by atoms with E-state index in [1.165, 1.54) is 0 Å². The minimum absolute atomic E-state index is 0.0231. The highest BCUT2D eigenvalue weighted by Crippen LogP contribution is 2.16. The first-order valence-corrected chi connectivity index (χ1v) is 10.5. The molecule has 2 aromatic rings. The Bertz CT molecular complexity index is 797. The second-order valence-corrected chi connectivity index (χ2v) is 7.92. The molecular formula is C25H34N2O2. The van der Waals surface area contributed by atoms with Crippen molar-refractivity contribution in [3.05, 3.63) is 70.8 Å². The van der Waals surface area contributed by atoms with Crippen LogP contribution in [0.4, 0.5) is 0 Å². The van der Waals surface area contributed by atoms with Crippen LogP contribution in [0.3, 0.4) is 0 Å². The van der Waals surface area contributed by atoms with Crippen molar-refractivity contribution in [2.75, 3.05) is 0 Å². The van der Waals surface area contributed by atoms with Crippen molar-refractivity contribution in [3.63, 3.8) is 0 Å². The summed E-state index contributed by atoms with van der Waals surface area (Å²) in [5, 5.41) is 3.05. The fraction of sp³-hybridized carbons (Fsp3) is 0.440. The predicted octanol–water partition coefficient (Wildman–Crippen LogP) is 4.57. The van der Waals surface area contributed by atoms with Crippen LogP contribution in [-0.4, -0.2) is 28.8 Å². The molecule has 2 amide bonds. The maximum absolute atomic E-state index is 13.3. The summed E-state index contributed by atoms with van der Waals surface area (Å²) in [5.41, 5.74) is 4.30. The third-order valence-corrected chi connectivity index (χ3v) is 5.22. The second kappa shape index (κ2) is 10.8. The van der Waals surface area contributed by atoms with Crippen LogP contribution in [0.15, 0.2) is 48.5 Å². The fourth-order valence-corrected chi connectivity index (χ4v) is 3.59. The van der Waals surface area contributed by atoms with Crippen LogP contribution in [0, 0.1) is 13.8 Å². The zero-order valence-electron chi connectivity index (χ0n) is 18.4. The number of aryl methyl sites for hydroxylation is 2. The second-order valence-electron chi connectivity index (χ2n) is 7.92. The van der Waals surface area contributed by atoms with Gasteiger partial charge in [0.1, 0.15) is 6.04 Å². The van der Waals surface area contributed by atoms with Gasteiger partial charge in [0.15, 0.2) is 0 Å². The molecule has 0 fully saturated rings. The molecule has 0 aliphatic heterocycles. The van der Waals surface area contributed by atoms with Crippen molar-refractivity contribution >= 4 is 11.8 Å². The summed E-state index contributed by atoms with van der Waals surface area (Å²) in [6.07, 6.45) is 1.73. The lowest BCUT2D eigenvalue weighted by atomic mass is 10.0. The zero-order valence-corrected chi connectivity index (χ0v) is 18.4. The summed E-state index contributed by atoms with van der Waals surface area (Å²) in [7, 11) is 0. The van der Waals surface area contributed by atoms with E-state index in [1.807, 2.05) is 77.1 Å². The van der Waals surface area contributed by atoms with Crippen LogP contribution >= 0.6 is 0 Å². The Kier molecular flexibility index (Phi) is 8.44. The van der Waals surface area contributed by atoms with Crippen molar-refractivity contribution in [2.24, 2.45) is 0 Å². The number of carbonyl (C=O) groups is 2. The molecule has 0 aliphatic rings. The SMILES string of the molecule is CC[C@H](C)NC(=O)[C@H](CC)N(Cc1ccccc1)C(=O)Cc1cc(C)cc(C)c1. The Morgan fingerprint density at radius 3 is 2.10 bits per heavy atom. The minimum Gasteiger partial charge on any atom is -0.352 e. The Morgan fingerprint density at radius 1 is 0.931 bits per heavy atom. The van der Waals surface area contributed by atoms with Crippen molar-refractivity contribution in [3.8, 4) is 0 Å². The molecule has 2 atom stereocenters. The van der Waals surface area contributed by atoms with Gasteiger partial charge in [-0.1, -0.05) is 73.5 Å². The minimum atomic E-state index is -0.484. The number of amides is 2. The number of hydrogen-bond donors (Lipinski definition) is 1. The van der Waals surface area contributed by atoms with Gasteiger partial charge in [-0.2, -0.15) is 0 Å². The largest absolute Gasteiger partial charge is 0.352 e. The first-order chi connectivity index (χ1) is 13.8. The standard InChI is InChI=1S/C25H34N2O2/c1-6-20(5)26-25(29)23(7-2)27(17-21-11-9-8-10-12-21)24(28)16-22-14-18(3)13-19(4)15-22/h8-15,20,23H,6-7,16-17H2,1-5H3,(H,26,29)/t20-,23-/m0/s1. The van der Waals surface area contributed by atoms with Crippen molar-refractivity contribution < 1.29 is 9.59 Å². The topological polar surface area (TPSA) is 49.4 Å². The van der Waals surface area contributed by atoms with E-state index in [0.717, 1.165) is 28.7 Å². The van der Waals surface area contributed by atoms with Crippen molar-refractivity contribution in [1.82, 2.24) is 10.2 Å². The fourth-order valence-electron chi connectivity index (χ4n) is 3.59. The van der Waals surface area contributed by atoms with Gasteiger partial charge in [0.05, 0.1) is 6.42 Å². The third kappa shape index (κ3) is 6.74. The van der Waals surface area contributed by atoms with E-state index < -0.39 is 6.04 Å². The third-order valence-electron chi connectivity index (χ3n) is 5.22. The number of hydrogen-bond acceptors (Lipinski definition) is 2. The number of nitrogens with zero attached hydrogens (tertiary/aromatic N) is 1. The van der Waals surface area contributed by atoms with E-state index in [4.69, 9.17) is 0 Å². The Labute approximate surface area is 175 Å². The summed E-state index contributed by atoms with van der Waals surface area (Å²) in [5.74, 6) is -0.100. The van der Waals surface area contributed by atoms with E-state index in [1.54, 1.807) is 4.90 Å². The molecule has 0 aromatic heterocycles. The molecule has 4 nitrogen and oxygen atoms in total. The lowest BCUT2D eigenvalue weighted by Gasteiger charge is -2.31. The molecule has 156 valence electrons. The van der Waals surface area contributed by atoms with E-state index in [9.17, 15) is 9.59 Å². The average molecular weight is 395 g/mol. The maximum Gasteiger partial charge on any atom is 0.243 e. The molecule has 0 bridgehead atoms. The van der Waals surface area contributed by atoms with Gasteiger partial charge >= 0.3 is 0 Å². The summed E-state index contributed by atoms with van der Waals surface area (Å²) >= 11 is 0. The van der Waals surface area contributed by atoms with Crippen LogP contribution < -0.4 is 5.32 Å². The first-order valence-electron chi connectivity index (χ1n) is 10.5. The number of nitrogens with one attached hydrogen (secondary N) is 1. The highest BCUT2D eigenvalue weighted by molar-refractivity contribution is 5.88. The van der Waals surface area contributed by atoms with Crippen LogP contribution in [-0.2, 0) is 22.6 Å². The summed E-state index contributed by atoms with van der Waals surface area (Å²) < 4.78 is 0. The molecule has 0 saturated heterocycles. The molecule has 2 rings (SSSR count). The van der Waals surface area contributed by atoms with E-state index in [0.29, 0.717) is 19.4 Å². The van der Waals surface area contributed by atoms with Crippen molar-refractivity contribution in [1.29, 1.82) is 0 Å². The average Bonchev–Trinajstić information content (AvgIpc) is 2.67. The summed E-state index contributed by atoms with van der Waals surface area (Å²) in [6.45, 7) is 10.5. The lowest BCUT2D eigenvalue weighted by Crippen LogP contribution is -2.51. The number of benzene rings is 2. The molecule has 0 spiro atoms. The maximum atomic E-state index is 13.3. The van der Waals surface area contributed by atoms with Gasteiger partial charge in [-0.15, -0.1) is 0 Å². The van der Waals surface area contributed by atoms with Crippen LogP contribution in [0.25, 0.3) is 0 Å². The van der Waals surface area contributed by atoms with Crippen LogP contribution in [0.5, 0.6) is 0 Å². The molecule has 0 aliphatic carbocycles. The molecule has 1 N–H and O–H groups in total. The zero-order chi connectivity index (χ0) is 21.4. The van der Waals surface area contributed by atoms with E-state index >= 15 is 0 Å². The van der Waals surface area contributed by atoms with Crippen LogP contribution in [0.1, 0.15) is 55.9 Å². The number of rotatable bonds is 9. The highest BCUT2D eigenvalue weighted by atomic mass is 16.2. The molecule has 2 aromatic carbocycles. The smallest absolute Gasteiger partial charge is 0.243 e.